The van der Waals surface area contributed by atoms with Crippen molar-refractivity contribution < 1.29 is 14.0 Å². The molecule has 1 aliphatic heterocycles. The first-order valence-electron chi connectivity index (χ1n) is 8.18. The number of halogens is 1. The lowest BCUT2D eigenvalue weighted by atomic mass is 9.99. The number of aromatic nitrogens is 1. The first kappa shape index (κ1) is 17.2. The molecule has 0 atom stereocenters. The summed E-state index contributed by atoms with van der Waals surface area (Å²) in [6, 6.07) is 4.33. The minimum atomic E-state index is -0.381. The van der Waals surface area contributed by atoms with Crippen LogP contribution in [0.3, 0.4) is 0 Å². The van der Waals surface area contributed by atoms with E-state index < -0.39 is 0 Å². The minimum Gasteiger partial charge on any atom is -0.351 e. The Morgan fingerprint density at radius 2 is 2.20 bits per heavy atom. The van der Waals surface area contributed by atoms with Crippen LogP contribution in [0, 0.1) is 5.82 Å². The van der Waals surface area contributed by atoms with Gasteiger partial charge in [0, 0.05) is 42.2 Å². The number of carbonyl (C=O) groups excluding carboxylic acids is 2. The Bertz CT molecular complexity index is 854. The summed E-state index contributed by atoms with van der Waals surface area (Å²) in [7, 11) is 3.86. The number of amides is 2. The van der Waals surface area contributed by atoms with Gasteiger partial charge in [-0.1, -0.05) is 0 Å². The average molecular weight is 344 g/mol. The van der Waals surface area contributed by atoms with Crippen molar-refractivity contribution in [1.82, 2.24) is 20.5 Å². The zero-order valence-corrected chi connectivity index (χ0v) is 14.3. The lowest BCUT2D eigenvalue weighted by molar-refractivity contribution is -0.116. The summed E-state index contributed by atoms with van der Waals surface area (Å²) in [6.45, 7) is 1.69. The van der Waals surface area contributed by atoms with Crippen molar-refractivity contribution >= 4 is 28.3 Å². The van der Waals surface area contributed by atoms with Gasteiger partial charge in [0.15, 0.2) is 0 Å². The number of hydrogen-bond donors (Lipinski definition) is 3. The number of likely N-dealkylation sites (N-methyl/N-ethyl adjacent to an activating group) is 1. The van der Waals surface area contributed by atoms with Gasteiger partial charge in [-0.3, -0.25) is 9.59 Å². The molecule has 132 valence electrons. The van der Waals surface area contributed by atoms with Gasteiger partial charge in [-0.05, 0) is 44.3 Å². The molecule has 2 amide bonds. The Hall–Kier alpha value is -2.67. The molecular formula is C18H21FN4O2. The molecule has 0 radical (unpaired) electrons. The standard InChI is InChI=1S/C18H21FN4O2/c1-23(2)8-7-20-15(24)9-11-5-6-21-18(25)17-16(11)13-10-12(19)3-4-14(13)22-17/h3-4,9-10,22H,5-8H2,1-2H3,(H,20,24)(H,21,25)/b11-9+. The number of rotatable bonds is 4. The first-order chi connectivity index (χ1) is 12.0. The maximum atomic E-state index is 13.7. The van der Waals surface area contributed by atoms with Crippen molar-refractivity contribution in [3.63, 3.8) is 0 Å². The highest BCUT2D eigenvalue weighted by Gasteiger charge is 2.24. The van der Waals surface area contributed by atoms with Crippen LogP contribution in [0.1, 0.15) is 22.5 Å². The first-order valence-corrected chi connectivity index (χ1v) is 8.18. The number of aromatic amines is 1. The minimum absolute atomic E-state index is 0.220. The summed E-state index contributed by atoms with van der Waals surface area (Å²) < 4.78 is 13.7. The molecule has 25 heavy (non-hydrogen) atoms. The van der Waals surface area contributed by atoms with Crippen molar-refractivity contribution in [2.75, 3.05) is 33.7 Å². The molecule has 7 heteroatoms. The summed E-state index contributed by atoms with van der Waals surface area (Å²) in [5, 5.41) is 6.23. The van der Waals surface area contributed by atoms with Gasteiger partial charge in [-0.15, -0.1) is 0 Å². The summed E-state index contributed by atoms with van der Waals surface area (Å²) in [4.78, 5) is 29.5. The Morgan fingerprint density at radius 3 is 2.96 bits per heavy atom. The normalized spacial score (nSPS) is 16.0. The van der Waals surface area contributed by atoms with E-state index in [2.05, 4.69) is 15.6 Å². The van der Waals surface area contributed by atoms with Crippen LogP contribution in [0.4, 0.5) is 4.39 Å². The number of benzene rings is 1. The van der Waals surface area contributed by atoms with Gasteiger partial charge in [0.05, 0.1) is 0 Å². The topological polar surface area (TPSA) is 77.2 Å². The molecule has 0 aliphatic carbocycles. The van der Waals surface area contributed by atoms with Crippen LogP contribution in [-0.4, -0.2) is 55.4 Å². The van der Waals surface area contributed by atoms with E-state index in [9.17, 15) is 14.0 Å². The fourth-order valence-corrected chi connectivity index (χ4v) is 2.95. The highest BCUT2D eigenvalue weighted by molar-refractivity contribution is 6.10. The zero-order chi connectivity index (χ0) is 18.0. The molecule has 0 saturated carbocycles. The molecule has 0 bridgehead atoms. The van der Waals surface area contributed by atoms with Crippen LogP contribution in [0.2, 0.25) is 0 Å². The molecule has 0 spiro atoms. The molecule has 1 aliphatic rings. The number of nitrogens with zero attached hydrogens (tertiary/aromatic N) is 1. The Balaban J connectivity index is 1.98. The molecule has 2 aromatic rings. The molecule has 2 heterocycles. The largest absolute Gasteiger partial charge is 0.351 e. The van der Waals surface area contributed by atoms with Gasteiger partial charge in [0.1, 0.15) is 11.5 Å². The van der Waals surface area contributed by atoms with E-state index in [-0.39, 0.29) is 17.6 Å². The lowest BCUT2D eigenvalue weighted by Gasteiger charge is -2.10. The van der Waals surface area contributed by atoms with Gasteiger partial charge in [-0.25, -0.2) is 4.39 Å². The van der Waals surface area contributed by atoms with E-state index >= 15 is 0 Å². The fourth-order valence-electron chi connectivity index (χ4n) is 2.95. The van der Waals surface area contributed by atoms with Crippen molar-refractivity contribution in [2.45, 2.75) is 6.42 Å². The summed E-state index contributed by atoms with van der Waals surface area (Å²) in [6.07, 6.45) is 2.01. The number of hydrogen-bond acceptors (Lipinski definition) is 3. The van der Waals surface area contributed by atoms with Crippen LogP contribution >= 0.6 is 0 Å². The monoisotopic (exact) mass is 344 g/mol. The second-order valence-corrected chi connectivity index (χ2v) is 6.33. The van der Waals surface area contributed by atoms with Crippen LogP contribution in [0.15, 0.2) is 24.3 Å². The van der Waals surface area contributed by atoms with E-state index in [1.807, 2.05) is 19.0 Å². The van der Waals surface area contributed by atoms with Crippen molar-refractivity contribution in [1.29, 1.82) is 0 Å². The molecule has 1 aromatic carbocycles. The number of nitrogens with one attached hydrogen (secondary N) is 3. The molecular weight excluding hydrogens is 323 g/mol. The Labute approximate surface area is 145 Å². The third-order valence-electron chi connectivity index (χ3n) is 4.15. The zero-order valence-electron chi connectivity index (χ0n) is 14.3. The maximum absolute atomic E-state index is 13.7. The molecule has 6 nitrogen and oxygen atoms in total. The van der Waals surface area contributed by atoms with Gasteiger partial charge in [0.2, 0.25) is 5.91 Å². The quantitative estimate of drug-likeness (QED) is 0.736. The predicted molar refractivity (Wildman–Crippen MR) is 94.7 cm³/mol. The van der Waals surface area contributed by atoms with Crippen molar-refractivity contribution in [3.8, 4) is 0 Å². The molecule has 0 unspecified atom stereocenters. The van der Waals surface area contributed by atoms with Gasteiger partial charge < -0.3 is 20.5 Å². The van der Waals surface area contributed by atoms with Gasteiger partial charge in [0.25, 0.3) is 5.91 Å². The lowest BCUT2D eigenvalue weighted by Crippen LogP contribution is -2.30. The molecule has 0 saturated heterocycles. The molecule has 1 aromatic heterocycles. The Kier molecular flexibility index (Phi) is 4.85. The van der Waals surface area contributed by atoms with Crippen molar-refractivity contribution in [2.24, 2.45) is 0 Å². The van der Waals surface area contributed by atoms with Crippen LogP contribution in [0.25, 0.3) is 16.5 Å². The van der Waals surface area contributed by atoms with E-state index in [0.717, 1.165) is 6.54 Å². The highest BCUT2D eigenvalue weighted by Crippen LogP contribution is 2.32. The van der Waals surface area contributed by atoms with Crippen LogP contribution in [0.5, 0.6) is 0 Å². The molecule has 3 N–H and O–H groups in total. The molecule has 3 rings (SSSR count). The molecule has 0 fully saturated rings. The number of fused-ring (bicyclic) bond motifs is 3. The number of carbonyl (C=O) groups is 2. The van der Waals surface area contributed by atoms with E-state index in [4.69, 9.17) is 0 Å². The summed E-state index contributed by atoms with van der Waals surface area (Å²) in [5.74, 6) is -0.848. The van der Waals surface area contributed by atoms with E-state index in [0.29, 0.717) is 47.2 Å². The summed E-state index contributed by atoms with van der Waals surface area (Å²) >= 11 is 0. The average Bonchev–Trinajstić information content (AvgIpc) is 2.84. The van der Waals surface area contributed by atoms with Gasteiger partial charge in [-0.2, -0.15) is 0 Å². The SMILES string of the molecule is CN(C)CCNC(=O)/C=C1\CCNC(=O)c2[nH]c3ccc(F)cc3c21. The highest BCUT2D eigenvalue weighted by atomic mass is 19.1. The van der Waals surface area contributed by atoms with Crippen LogP contribution < -0.4 is 10.6 Å². The Morgan fingerprint density at radius 1 is 1.40 bits per heavy atom. The second kappa shape index (κ2) is 7.06. The predicted octanol–water partition coefficient (Wildman–Crippen LogP) is 1.50. The van der Waals surface area contributed by atoms with E-state index in [1.54, 1.807) is 6.07 Å². The van der Waals surface area contributed by atoms with Gasteiger partial charge >= 0.3 is 0 Å². The maximum Gasteiger partial charge on any atom is 0.268 e. The smallest absolute Gasteiger partial charge is 0.268 e. The van der Waals surface area contributed by atoms with E-state index in [1.165, 1.54) is 18.2 Å². The summed E-state index contributed by atoms with van der Waals surface area (Å²) in [5.41, 5.74) is 2.35. The van der Waals surface area contributed by atoms with Crippen LogP contribution in [-0.2, 0) is 4.79 Å². The third-order valence-corrected chi connectivity index (χ3v) is 4.15. The second-order valence-electron chi connectivity index (χ2n) is 6.33. The third kappa shape index (κ3) is 3.71. The van der Waals surface area contributed by atoms with Crippen molar-refractivity contribution in [3.05, 3.63) is 41.3 Å². The number of H-pyrrole nitrogens is 1. The fraction of sp³-hybridized carbons (Fsp3) is 0.333.